The molecule has 1 aliphatic heterocycles. The van der Waals surface area contributed by atoms with Gasteiger partial charge in [-0.2, -0.15) is 0 Å². The molecule has 0 aliphatic carbocycles. The van der Waals surface area contributed by atoms with Crippen LogP contribution in [0.4, 0.5) is 9.59 Å². The fourth-order valence-electron chi connectivity index (χ4n) is 2.16. The first-order chi connectivity index (χ1) is 10.7. The number of carbonyl (C=O) groups excluding carboxylic acids is 3. The minimum atomic E-state index is -0.841. The summed E-state index contributed by atoms with van der Waals surface area (Å²) in [7, 11) is 0. The van der Waals surface area contributed by atoms with E-state index in [0.717, 1.165) is 5.56 Å². The normalized spacial score (nSPS) is 18.4. The van der Waals surface area contributed by atoms with E-state index >= 15 is 0 Å². The Morgan fingerprint density at radius 1 is 1.30 bits per heavy atom. The maximum atomic E-state index is 11.9. The summed E-state index contributed by atoms with van der Waals surface area (Å²) >= 11 is 0. The highest BCUT2D eigenvalue weighted by molar-refractivity contribution is 6.00. The summed E-state index contributed by atoms with van der Waals surface area (Å²) in [6, 6.07) is 8.10. The van der Waals surface area contributed by atoms with Crippen LogP contribution < -0.4 is 10.6 Å². The van der Waals surface area contributed by atoms with Crippen molar-refractivity contribution in [1.29, 1.82) is 0 Å². The van der Waals surface area contributed by atoms with Gasteiger partial charge in [-0.3, -0.25) is 10.1 Å². The van der Waals surface area contributed by atoms with Gasteiger partial charge in [0.25, 0.3) is 5.91 Å². The van der Waals surface area contributed by atoms with E-state index in [9.17, 15) is 14.4 Å². The third kappa shape index (κ3) is 4.98. The molecule has 0 unspecified atom stereocenters. The Bertz CT molecular complexity index is 595. The lowest BCUT2D eigenvalue weighted by molar-refractivity contribution is -0.124. The van der Waals surface area contributed by atoms with Crippen LogP contribution in [0.5, 0.6) is 0 Å². The molecule has 0 bridgehead atoms. The number of alkyl carbamates (subject to hydrolysis) is 1. The van der Waals surface area contributed by atoms with E-state index in [2.05, 4.69) is 10.6 Å². The van der Waals surface area contributed by atoms with Gasteiger partial charge in [0.05, 0.1) is 6.54 Å². The molecule has 2 rings (SSSR count). The first kappa shape index (κ1) is 16.8. The summed E-state index contributed by atoms with van der Waals surface area (Å²) < 4.78 is 5.14. The average Bonchev–Trinajstić information content (AvgIpc) is 2.43. The highest BCUT2D eigenvalue weighted by atomic mass is 16.6. The molecule has 0 spiro atoms. The molecular formula is C16H21N3O4. The van der Waals surface area contributed by atoms with Crippen molar-refractivity contribution in [3.63, 3.8) is 0 Å². The molecule has 23 heavy (non-hydrogen) atoms. The molecule has 0 saturated carbocycles. The zero-order chi connectivity index (χ0) is 17.0. The van der Waals surface area contributed by atoms with Gasteiger partial charge in [0.15, 0.2) is 0 Å². The quantitative estimate of drug-likeness (QED) is 0.886. The Morgan fingerprint density at radius 3 is 2.57 bits per heavy atom. The number of hydrogen-bond acceptors (Lipinski definition) is 4. The van der Waals surface area contributed by atoms with Gasteiger partial charge in [-0.05, 0) is 26.3 Å². The SMILES string of the molecule is CC(C)(C)OC(=O)N[C@@H]1CN(Cc2ccccc2)C(=O)NC1=O. The van der Waals surface area contributed by atoms with Crippen molar-refractivity contribution in [1.82, 2.24) is 15.5 Å². The predicted octanol–water partition coefficient (Wildman–Crippen LogP) is 1.63. The minimum Gasteiger partial charge on any atom is -0.444 e. The number of ether oxygens (including phenoxy) is 1. The van der Waals surface area contributed by atoms with Gasteiger partial charge in [-0.15, -0.1) is 0 Å². The lowest BCUT2D eigenvalue weighted by Gasteiger charge is -2.32. The van der Waals surface area contributed by atoms with E-state index in [1.807, 2.05) is 30.3 Å². The van der Waals surface area contributed by atoms with Crippen LogP contribution in [0.15, 0.2) is 30.3 Å². The summed E-state index contributed by atoms with van der Waals surface area (Å²) in [5.41, 5.74) is 0.280. The van der Waals surface area contributed by atoms with E-state index in [0.29, 0.717) is 6.54 Å². The number of amides is 4. The molecule has 2 N–H and O–H groups in total. The number of urea groups is 1. The first-order valence-corrected chi connectivity index (χ1v) is 7.38. The van der Waals surface area contributed by atoms with Crippen molar-refractivity contribution in [2.45, 2.75) is 39.0 Å². The van der Waals surface area contributed by atoms with E-state index < -0.39 is 29.7 Å². The summed E-state index contributed by atoms with van der Waals surface area (Å²) in [6.07, 6.45) is -0.688. The van der Waals surface area contributed by atoms with E-state index in [1.54, 1.807) is 20.8 Å². The smallest absolute Gasteiger partial charge is 0.408 e. The van der Waals surface area contributed by atoms with Gasteiger partial charge >= 0.3 is 12.1 Å². The standard InChI is InChI=1S/C16H21N3O4/c1-16(2,3)23-15(22)17-12-10-19(14(21)18-13(12)20)9-11-7-5-4-6-8-11/h4-8,12H,9-10H2,1-3H3,(H,17,22)(H,18,20,21)/t12-/m1/s1. The number of rotatable bonds is 3. The first-order valence-electron chi connectivity index (χ1n) is 7.38. The van der Waals surface area contributed by atoms with Gasteiger partial charge in [0, 0.05) is 6.54 Å². The predicted molar refractivity (Wildman–Crippen MR) is 83.5 cm³/mol. The van der Waals surface area contributed by atoms with Gasteiger partial charge < -0.3 is 15.0 Å². The highest BCUT2D eigenvalue weighted by Crippen LogP contribution is 2.11. The summed E-state index contributed by atoms with van der Waals surface area (Å²) in [5, 5.41) is 4.74. The molecule has 124 valence electrons. The van der Waals surface area contributed by atoms with Gasteiger partial charge in [0.1, 0.15) is 11.6 Å². The Kier molecular flexibility index (Phi) is 4.88. The van der Waals surface area contributed by atoms with Gasteiger partial charge in [0.2, 0.25) is 0 Å². The zero-order valence-electron chi connectivity index (χ0n) is 13.5. The van der Waals surface area contributed by atoms with Crippen molar-refractivity contribution < 1.29 is 19.1 Å². The number of carbonyl (C=O) groups is 3. The molecule has 4 amide bonds. The Hall–Kier alpha value is -2.57. The van der Waals surface area contributed by atoms with Crippen molar-refractivity contribution in [2.75, 3.05) is 6.54 Å². The molecular weight excluding hydrogens is 298 g/mol. The largest absolute Gasteiger partial charge is 0.444 e. The molecule has 1 fully saturated rings. The summed E-state index contributed by atoms with van der Waals surface area (Å²) in [6.45, 7) is 5.65. The van der Waals surface area contributed by atoms with Crippen LogP contribution in [0.2, 0.25) is 0 Å². The molecule has 1 aromatic carbocycles. The van der Waals surface area contributed by atoms with Crippen LogP contribution in [0.1, 0.15) is 26.3 Å². The second-order valence-corrected chi connectivity index (χ2v) is 6.36. The molecule has 7 heteroatoms. The number of hydrogen-bond donors (Lipinski definition) is 2. The van der Waals surface area contributed by atoms with Crippen LogP contribution in [0.25, 0.3) is 0 Å². The van der Waals surface area contributed by atoms with Crippen molar-refractivity contribution in [3.8, 4) is 0 Å². The lowest BCUT2D eigenvalue weighted by atomic mass is 10.1. The van der Waals surface area contributed by atoms with Gasteiger partial charge in [-0.25, -0.2) is 9.59 Å². The average molecular weight is 319 g/mol. The maximum absolute atomic E-state index is 11.9. The van der Waals surface area contributed by atoms with Crippen LogP contribution in [-0.2, 0) is 16.1 Å². The van der Waals surface area contributed by atoms with Crippen molar-refractivity contribution in [2.24, 2.45) is 0 Å². The fraction of sp³-hybridized carbons (Fsp3) is 0.438. The summed E-state index contributed by atoms with van der Waals surface area (Å²) in [5.74, 6) is -0.537. The maximum Gasteiger partial charge on any atom is 0.408 e. The van der Waals surface area contributed by atoms with Crippen LogP contribution in [0, 0.1) is 0 Å². The number of nitrogens with zero attached hydrogens (tertiary/aromatic N) is 1. The molecule has 1 saturated heterocycles. The van der Waals surface area contributed by atoms with Gasteiger partial charge in [-0.1, -0.05) is 30.3 Å². The Labute approximate surface area is 135 Å². The third-order valence-corrected chi connectivity index (χ3v) is 3.14. The Morgan fingerprint density at radius 2 is 1.96 bits per heavy atom. The highest BCUT2D eigenvalue weighted by Gasteiger charge is 2.34. The fourth-order valence-corrected chi connectivity index (χ4v) is 2.16. The van der Waals surface area contributed by atoms with E-state index in [-0.39, 0.29) is 6.54 Å². The molecule has 1 atom stereocenters. The second-order valence-electron chi connectivity index (χ2n) is 6.36. The number of nitrogens with one attached hydrogen (secondary N) is 2. The van der Waals surface area contributed by atoms with Crippen molar-refractivity contribution >= 4 is 18.0 Å². The molecule has 1 aromatic rings. The molecule has 7 nitrogen and oxygen atoms in total. The van der Waals surface area contributed by atoms with Crippen LogP contribution in [0.3, 0.4) is 0 Å². The van der Waals surface area contributed by atoms with Crippen LogP contribution >= 0.6 is 0 Å². The van der Waals surface area contributed by atoms with E-state index in [4.69, 9.17) is 4.74 Å². The second kappa shape index (κ2) is 6.68. The van der Waals surface area contributed by atoms with Crippen LogP contribution in [-0.4, -0.2) is 41.1 Å². The molecule has 0 radical (unpaired) electrons. The Balaban J connectivity index is 1.99. The molecule has 1 aliphatic rings. The zero-order valence-corrected chi connectivity index (χ0v) is 13.5. The topological polar surface area (TPSA) is 87.7 Å². The summed E-state index contributed by atoms with van der Waals surface area (Å²) in [4.78, 5) is 37.1. The third-order valence-electron chi connectivity index (χ3n) is 3.14. The van der Waals surface area contributed by atoms with E-state index in [1.165, 1.54) is 4.90 Å². The monoisotopic (exact) mass is 319 g/mol. The number of benzene rings is 1. The van der Waals surface area contributed by atoms with Crippen molar-refractivity contribution in [3.05, 3.63) is 35.9 Å². The number of imide groups is 1. The molecule has 0 aromatic heterocycles. The molecule has 1 heterocycles. The minimum absolute atomic E-state index is 0.0960. The lowest BCUT2D eigenvalue weighted by Crippen LogP contribution is -2.62.